The molecule has 0 saturated carbocycles. The Balaban J connectivity index is 1.91. The lowest BCUT2D eigenvalue weighted by Gasteiger charge is -2.23. The monoisotopic (exact) mass is 315 g/mol. The second kappa shape index (κ2) is 7.01. The fraction of sp³-hybridized carbons (Fsp3) is 0.316. The van der Waals surface area contributed by atoms with E-state index in [0.717, 1.165) is 25.9 Å². The number of benzene rings is 2. The van der Waals surface area contributed by atoms with Crippen molar-refractivity contribution in [1.82, 2.24) is 4.90 Å². The number of rotatable bonds is 5. The van der Waals surface area contributed by atoms with Crippen LogP contribution in [0.2, 0.25) is 0 Å². The van der Waals surface area contributed by atoms with E-state index in [1.807, 2.05) is 0 Å². The molecule has 3 rings (SSSR count). The first kappa shape index (κ1) is 15.8. The summed E-state index contributed by atoms with van der Waals surface area (Å²) in [6, 6.07) is 11.8. The van der Waals surface area contributed by atoms with Gasteiger partial charge >= 0.3 is 0 Å². The molecule has 4 heteroatoms. The molecule has 0 bridgehead atoms. The van der Waals surface area contributed by atoms with Crippen LogP contribution in [0.4, 0.5) is 8.78 Å². The Morgan fingerprint density at radius 3 is 2.30 bits per heavy atom. The van der Waals surface area contributed by atoms with Crippen LogP contribution in [-0.2, 0) is 0 Å². The van der Waals surface area contributed by atoms with Gasteiger partial charge in [-0.25, -0.2) is 8.78 Å². The van der Waals surface area contributed by atoms with Crippen molar-refractivity contribution < 1.29 is 13.6 Å². The van der Waals surface area contributed by atoms with Gasteiger partial charge in [-0.3, -0.25) is 4.79 Å². The van der Waals surface area contributed by atoms with Crippen LogP contribution in [0.25, 0.3) is 0 Å². The molecule has 0 amide bonds. The summed E-state index contributed by atoms with van der Waals surface area (Å²) in [5, 5.41) is 0. The third-order valence-corrected chi connectivity index (χ3v) is 4.32. The molecule has 2 aromatic carbocycles. The number of hydrogen-bond acceptors (Lipinski definition) is 2. The lowest BCUT2D eigenvalue weighted by molar-refractivity contribution is 0.0939. The van der Waals surface area contributed by atoms with Crippen LogP contribution < -0.4 is 0 Å². The van der Waals surface area contributed by atoms with Crippen LogP contribution in [0.3, 0.4) is 0 Å². The number of Topliss-reactive ketones (excluding diaryl/α,β-unsaturated/α-hetero) is 1. The summed E-state index contributed by atoms with van der Waals surface area (Å²) in [5.74, 6) is -1.44. The zero-order valence-electron chi connectivity index (χ0n) is 12.8. The molecule has 1 atom stereocenters. The number of halogens is 2. The normalized spacial score (nSPS) is 16.4. The van der Waals surface area contributed by atoms with Crippen molar-refractivity contribution in [3.05, 3.63) is 71.3 Å². The third kappa shape index (κ3) is 3.82. The molecule has 1 aliphatic heterocycles. The quantitative estimate of drug-likeness (QED) is 0.777. The van der Waals surface area contributed by atoms with Crippen molar-refractivity contribution in [2.24, 2.45) is 0 Å². The molecule has 1 saturated heterocycles. The van der Waals surface area contributed by atoms with Crippen LogP contribution in [-0.4, -0.2) is 30.3 Å². The SMILES string of the molecule is O=C(c1cccc(F)c1)C(CN1CCCC1)c1cccc(F)c1. The first-order chi connectivity index (χ1) is 11.1. The van der Waals surface area contributed by atoms with Crippen molar-refractivity contribution in [1.29, 1.82) is 0 Å². The average molecular weight is 315 g/mol. The van der Waals surface area contributed by atoms with Crippen LogP contribution in [0.15, 0.2) is 48.5 Å². The number of likely N-dealkylation sites (tertiary alicyclic amines) is 1. The molecule has 0 aromatic heterocycles. The van der Waals surface area contributed by atoms with E-state index in [1.165, 1.54) is 30.3 Å². The number of hydrogen-bond donors (Lipinski definition) is 0. The Labute approximate surface area is 134 Å². The van der Waals surface area contributed by atoms with Gasteiger partial charge in [0.1, 0.15) is 11.6 Å². The zero-order valence-corrected chi connectivity index (χ0v) is 12.8. The Hall–Kier alpha value is -2.07. The summed E-state index contributed by atoms with van der Waals surface area (Å²) < 4.78 is 27.0. The highest BCUT2D eigenvalue weighted by Crippen LogP contribution is 2.25. The van der Waals surface area contributed by atoms with Gasteiger partial charge in [0.2, 0.25) is 0 Å². The smallest absolute Gasteiger partial charge is 0.171 e. The van der Waals surface area contributed by atoms with E-state index in [9.17, 15) is 13.6 Å². The first-order valence-electron chi connectivity index (χ1n) is 7.91. The van der Waals surface area contributed by atoms with Crippen LogP contribution >= 0.6 is 0 Å². The Bertz CT molecular complexity index is 695. The maximum atomic E-state index is 13.6. The Kier molecular flexibility index (Phi) is 4.82. The van der Waals surface area contributed by atoms with Crippen molar-refractivity contribution >= 4 is 5.78 Å². The van der Waals surface area contributed by atoms with Gasteiger partial charge in [-0.05, 0) is 55.8 Å². The zero-order chi connectivity index (χ0) is 16.2. The molecule has 1 aliphatic rings. The summed E-state index contributed by atoms with van der Waals surface area (Å²) >= 11 is 0. The van der Waals surface area contributed by atoms with E-state index in [2.05, 4.69) is 4.90 Å². The van der Waals surface area contributed by atoms with Gasteiger partial charge in [0.25, 0.3) is 0 Å². The first-order valence-corrected chi connectivity index (χ1v) is 7.91. The molecule has 120 valence electrons. The topological polar surface area (TPSA) is 20.3 Å². The fourth-order valence-corrected chi connectivity index (χ4v) is 3.13. The predicted octanol–water partition coefficient (Wildman–Crippen LogP) is 4.03. The predicted molar refractivity (Wildman–Crippen MR) is 85.5 cm³/mol. The summed E-state index contributed by atoms with van der Waals surface area (Å²) in [7, 11) is 0. The average Bonchev–Trinajstić information content (AvgIpc) is 3.05. The number of ketones is 1. The number of carbonyl (C=O) groups excluding carboxylic acids is 1. The van der Waals surface area contributed by atoms with E-state index in [1.54, 1.807) is 18.2 Å². The van der Waals surface area contributed by atoms with Gasteiger partial charge in [-0.15, -0.1) is 0 Å². The molecule has 0 radical (unpaired) electrons. The van der Waals surface area contributed by atoms with Crippen LogP contribution in [0.1, 0.15) is 34.7 Å². The van der Waals surface area contributed by atoms with Crippen LogP contribution in [0, 0.1) is 11.6 Å². The highest BCUT2D eigenvalue weighted by molar-refractivity contribution is 6.01. The lowest BCUT2D eigenvalue weighted by atomic mass is 9.90. The molecule has 23 heavy (non-hydrogen) atoms. The molecule has 0 N–H and O–H groups in total. The minimum Gasteiger partial charge on any atom is -0.302 e. The van der Waals surface area contributed by atoms with E-state index in [4.69, 9.17) is 0 Å². The van der Waals surface area contributed by atoms with Crippen molar-refractivity contribution in [3.63, 3.8) is 0 Å². The van der Waals surface area contributed by atoms with Gasteiger partial charge in [0.05, 0.1) is 5.92 Å². The minimum absolute atomic E-state index is 0.165. The lowest BCUT2D eigenvalue weighted by Crippen LogP contribution is -2.30. The van der Waals surface area contributed by atoms with Crippen molar-refractivity contribution in [2.45, 2.75) is 18.8 Å². The molecule has 2 aromatic rings. The van der Waals surface area contributed by atoms with Gasteiger partial charge in [0, 0.05) is 12.1 Å². The summed E-state index contributed by atoms with van der Waals surface area (Å²) in [4.78, 5) is 15.1. The molecule has 0 spiro atoms. The summed E-state index contributed by atoms with van der Waals surface area (Å²) in [6.07, 6.45) is 2.23. The highest BCUT2D eigenvalue weighted by atomic mass is 19.1. The molecular formula is C19H19F2NO. The fourth-order valence-electron chi connectivity index (χ4n) is 3.13. The molecule has 1 heterocycles. The van der Waals surface area contributed by atoms with E-state index in [0.29, 0.717) is 17.7 Å². The highest BCUT2D eigenvalue weighted by Gasteiger charge is 2.26. The molecule has 1 unspecified atom stereocenters. The maximum absolute atomic E-state index is 13.6. The molecular weight excluding hydrogens is 296 g/mol. The second-order valence-electron chi connectivity index (χ2n) is 5.99. The maximum Gasteiger partial charge on any atom is 0.171 e. The Morgan fingerprint density at radius 2 is 1.65 bits per heavy atom. The summed E-state index contributed by atoms with van der Waals surface area (Å²) in [6.45, 7) is 2.43. The molecule has 1 fully saturated rings. The van der Waals surface area contributed by atoms with Crippen molar-refractivity contribution in [2.75, 3.05) is 19.6 Å². The third-order valence-electron chi connectivity index (χ3n) is 4.32. The minimum atomic E-state index is -0.481. The van der Waals surface area contributed by atoms with Gasteiger partial charge in [-0.2, -0.15) is 0 Å². The van der Waals surface area contributed by atoms with Gasteiger partial charge in [0.15, 0.2) is 5.78 Å². The second-order valence-corrected chi connectivity index (χ2v) is 5.99. The van der Waals surface area contributed by atoms with E-state index in [-0.39, 0.29) is 11.6 Å². The molecule has 0 aliphatic carbocycles. The van der Waals surface area contributed by atoms with Crippen LogP contribution in [0.5, 0.6) is 0 Å². The Morgan fingerprint density at radius 1 is 1.00 bits per heavy atom. The molecule has 2 nitrogen and oxygen atoms in total. The van der Waals surface area contributed by atoms with Gasteiger partial charge < -0.3 is 4.90 Å². The number of carbonyl (C=O) groups is 1. The van der Waals surface area contributed by atoms with E-state index < -0.39 is 11.7 Å². The van der Waals surface area contributed by atoms with Crippen molar-refractivity contribution in [3.8, 4) is 0 Å². The standard InChI is InChI=1S/C19H19F2NO/c20-16-7-3-5-14(11-16)18(13-22-9-1-2-10-22)19(23)15-6-4-8-17(21)12-15/h3-8,11-12,18H,1-2,9-10,13H2. The van der Waals surface area contributed by atoms with E-state index >= 15 is 0 Å². The largest absolute Gasteiger partial charge is 0.302 e. The van der Waals surface area contributed by atoms with Gasteiger partial charge in [-0.1, -0.05) is 24.3 Å². The summed E-state index contributed by atoms with van der Waals surface area (Å²) in [5.41, 5.74) is 0.976. The number of nitrogens with zero attached hydrogens (tertiary/aromatic N) is 1.